The quantitative estimate of drug-likeness (QED) is 0.130. The summed E-state index contributed by atoms with van der Waals surface area (Å²) >= 11 is 0. The number of allylic oxidation sites excluding steroid dienone is 4. The third-order valence-corrected chi connectivity index (χ3v) is 3.62. The van der Waals surface area contributed by atoms with Gasteiger partial charge in [0.1, 0.15) is 6.29 Å². The molecule has 0 atom stereocenters. The van der Waals surface area contributed by atoms with Crippen molar-refractivity contribution < 1.29 is 9.72 Å². The molecule has 0 bridgehead atoms. The summed E-state index contributed by atoms with van der Waals surface area (Å²) in [7, 11) is 0. The standard InChI is InChI=1S/C18H31NO3/c1-2-3-12-15-18(19(21)22)16-13-10-8-6-4-5-7-9-11-14-17-20/h8,10,16-17H,2-7,9,11-15H2,1H3/b10-8-,18-16+. The van der Waals surface area contributed by atoms with Gasteiger partial charge in [0.2, 0.25) is 5.70 Å². The Kier molecular flexibility index (Phi) is 14.9. The summed E-state index contributed by atoms with van der Waals surface area (Å²) in [5, 5.41) is 10.9. The van der Waals surface area contributed by atoms with Gasteiger partial charge in [-0.2, -0.15) is 0 Å². The molecule has 0 saturated heterocycles. The Hall–Kier alpha value is -1.45. The van der Waals surface area contributed by atoms with Crippen LogP contribution in [0, 0.1) is 10.1 Å². The minimum absolute atomic E-state index is 0.247. The fraction of sp³-hybridized carbons (Fsp3) is 0.722. The van der Waals surface area contributed by atoms with E-state index in [1.165, 1.54) is 12.8 Å². The second kappa shape index (κ2) is 15.9. The molecule has 0 spiro atoms. The van der Waals surface area contributed by atoms with E-state index in [9.17, 15) is 14.9 Å². The van der Waals surface area contributed by atoms with E-state index in [0.717, 1.165) is 51.2 Å². The van der Waals surface area contributed by atoms with Crippen molar-refractivity contribution >= 4 is 6.29 Å². The van der Waals surface area contributed by atoms with Gasteiger partial charge in [0.05, 0.1) is 4.92 Å². The van der Waals surface area contributed by atoms with Crippen LogP contribution in [-0.4, -0.2) is 11.2 Å². The predicted molar refractivity (Wildman–Crippen MR) is 91.4 cm³/mol. The highest BCUT2D eigenvalue weighted by Gasteiger charge is 2.08. The predicted octanol–water partition coefficient (Wildman–Crippen LogP) is 5.60. The molecular weight excluding hydrogens is 278 g/mol. The van der Waals surface area contributed by atoms with Gasteiger partial charge in [-0.05, 0) is 38.2 Å². The lowest BCUT2D eigenvalue weighted by molar-refractivity contribution is -0.428. The van der Waals surface area contributed by atoms with Crippen molar-refractivity contribution in [2.24, 2.45) is 0 Å². The fourth-order valence-corrected chi connectivity index (χ4v) is 2.26. The van der Waals surface area contributed by atoms with Gasteiger partial charge in [0.25, 0.3) is 0 Å². The lowest BCUT2D eigenvalue weighted by Crippen LogP contribution is -1.98. The summed E-state index contributed by atoms with van der Waals surface area (Å²) in [5.41, 5.74) is 0.355. The molecule has 0 N–H and O–H groups in total. The third kappa shape index (κ3) is 13.5. The first-order chi connectivity index (χ1) is 10.7. The number of rotatable bonds is 15. The van der Waals surface area contributed by atoms with Crippen molar-refractivity contribution in [2.45, 2.75) is 84.0 Å². The molecule has 0 aromatic rings. The molecule has 4 nitrogen and oxygen atoms in total. The number of carbonyl (C=O) groups excluding carboxylic acids is 1. The zero-order valence-electron chi connectivity index (χ0n) is 14.0. The molecule has 0 saturated carbocycles. The Labute approximate surface area is 134 Å². The van der Waals surface area contributed by atoms with Gasteiger partial charge < -0.3 is 4.79 Å². The maximum absolute atomic E-state index is 10.9. The van der Waals surface area contributed by atoms with Crippen LogP contribution in [0.15, 0.2) is 23.9 Å². The second-order valence-electron chi connectivity index (χ2n) is 5.63. The zero-order valence-corrected chi connectivity index (χ0v) is 14.0. The zero-order chi connectivity index (χ0) is 16.5. The number of nitrogens with zero attached hydrogens (tertiary/aromatic N) is 1. The molecule has 0 aliphatic heterocycles. The number of carbonyl (C=O) groups is 1. The molecular formula is C18H31NO3. The van der Waals surface area contributed by atoms with Gasteiger partial charge in [-0.15, -0.1) is 0 Å². The van der Waals surface area contributed by atoms with E-state index in [2.05, 4.69) is 13.0 Å². The molecule has 0 aromatic heterocycles. The Bertz CT molecular complexity index is 348. The van der Waals surface area contributed by atoms with E-state index in [4.69, 9.17) is 0 Å². The van der Waals surface area contributed by atoms with Crippen LogP contribution in [0.4, 0.5) is 0 Å². The first-order valence-electron chi connectivity index (χ1n) is 8.64. The molecule has 0 radical (unpaired) electrons. The Morgan fingerprint density at radius 1 is 0.955 bits per heavy atom. The Balaban J connectivity index is 3.69. The average molecular weight is 309 g/mol. The first kappa shape index (κ1) is 20.6. The highest BCUT2D eigenvalue weighted by atomic mass is 16.6. The minimum atomic E-state index is -0.247. The van der Waals surface area contributed by atoms with Crippen LogP contribution in [0.3, 0.4) is 0 Å². The number of hydrogen-bond acceptors (Lipinski definition) is 3. The molecule has 4 heteroatoms. The maximum Gasteiger partial charge on any atom is 0.242 e. The molecule has 22 heavy (non-hydrogen) atoms. The monoisotopic (exact) mass is 309 g/mol. The van der Waals surface area contributed by atoms with Crippen LogP contribution >= 0.6 is 0 Å². The van der Waals surface area contributed by atoms with E-state index in [0.29, 0.717) is 25.0 Å². The van der Waals surface area contributed by atoms with Crippen molar-refractivity contribution in [3.05, 3.63) is 34.0 Å². The maximum atomic E-state index is 10.9. The van der Waals surface area contributed by atoms with Crippen molar-refractivity contribution in [2.75, 3.05) is 0 Å². The summed E-state index contributed by atoms with van der Waals surface area (Å²) < 4.78 is 0. The minimum Gasteiger partial charge on any atom is -0.303 e. The summed E-state index contributed by atoms with van der Waals surface area (Å²) in [6.45, 7) is 2.10. The topological polar surface area (TPSA) is 60.2 Å². The number of hydrogen-bond donors (Lipinski definition) is 0. The lowest BCUT2D eigenvalue weighted by Gasteiger charge is -1.98. The van der Waals surface area contributed by atoms with E-state index in [1.807, 2.05) is 6.08 Å². The largest absolute Gasteiger partial charge is 0.303 e. The molecule has 0 aromatic carbocycles. The van der Waals surface area contributed by atoms with E-state index in [1.54, 1.807) is 6.08 Å². The van der Waals surface area contributed by atoms with Gasteiger partial charge >= 0.3 is 0 Å². The first-order valence-corrected chi connectivity index (χ1v) is 8.64. The summed E-state index contributed by atoms with van der Waals surface area (Å²) in [6.07, 6.45) is 18.5. The number of unbranched alkanes of at least 4 members (excludes halogenated alkanes) is 8. The number of aldehydes is 1. The van der Waals surface area contributed by atoms with Crippen LogP contribution in [0.25, 0.3) is 0 Å². The van der Waals surface area contributed by atoms with E-state index >= 15 is 0 Å². The summed E-state index contributed by atoms with van der Waals surface area (Å²) in [5.74, 6) is 0. The molecule has 0 fully saturated rings. The van der Waals surface area contributed by atoms with Crippen molar-refractivity contribution in [1.29, 1.82) is 0 Å². The summed E-state index contributed by atoms with van der Waals surface area (Å²) in [6, 6.07) is 0. The number of nitro groups is 1. The van der Waals surface area contributed by atoms with Gasteiger partial charge in [-0.25, -0.2) is 0 Å². The Morgan fingerprint density at radius 2 is 1.64 bits per heavy atom. The molecule has 0 unspecified atom stereocenters. The van der Waals surface area contributed by atoms with Crippen LogP contribution in [0.5, 0.6) is 0 Å². The highest BCUT2D eigenvalue weighted by molar-refractivity contribution is 5.48. The third-order valence-electron chi connectivity index (χ3n) is 3.62. The molecule has 126 valence electrons. The molecule has 0 aliphatic carbocycles. The lowest BCUT2D eigenvalue weighted by atomic mass is 10.1. The molecule has 0 amide bonds. The SMILES string of the molecule is CCCCC/C(=C\C/C=C\CCCCCCCC=O)[N+](=O)[O-]. The second-order valence-corrected chi connectivity index (χ2v) is 5.63. The molecule has 0 aliphatic rings. The fourth-order valence-electron chi connectivity index (χ4n) is 2.26. The normalized spacial score (nSPS) is 12.0. The van der Waals surface area contributed by atoms with Gasteiger partial charge in [-0.1, -0.05) is 51.2 Å². The van der Waals surface area contributed by atoms with Crippen LogP contribution < -0.4 is 0 Å². The molecule has 0 heterocycles. The smallest absolute Gasteiger partial charge is 0.242 e. The van der Waals surface area contributed by atoms with Crippen LogP contribution in [-0.2, 0) is 4.79 Å². The highest BCUT2D eigenvalue weighted by Crippen LogP contribution is 2.11. The average Bonchev–Trinajstić information content (AvgIpc) is 2.50. The van der Waals surface area contributed by atoms with Gasteiger partial charge in [0.15, 0.2) is 0 Å². The van der Waals surface area contributed by atoms with E-state index in [-0.39, 0.29) is 4.92 Å². The van der Waals surface area contributed by atoms with Crippen molar-refractivity contribution in [3.8, 4) is 0 Å². The van der Waals surface area contributed by atoms with Gasteiger partial charge in [-0.3, -0.25) is 10.1 Å². The van der Waals surface area contributed by atoms with E-state index < -0.39 is 0 Å². The molecule has 0 rings (SSSR count). The Morgan fingerprint density at radius 3 is 2.27 bits per heavy atom. The van der Waals surface area contributed by atoms with Crippen LogP contribution in [0.1, 0.15) is 84.0 Å². The summed E-state index contributed by atoms with van der Waals surface area (Å²) in [4.78, 5) is 20.8. The van der Waals surface area contributed by atoms with Gasteiger partial charge in [0, 0.05) is 12.8 Å². The van der Waals surface area contributed by atoms with Crippen molar-refractivity contribution in [3.63, 3.8) is 0 Å². The van der Waals surface area contributed by atoms with Crippen LogP contribution in [0.2, 0.25) is 0 Å². The van der Waals surface area contributed by atoms with Crippen molar-refractivity contribution in [1.82, 2.24) is 0 Å².